The zero-order chi connectivity index (χ0) is 60.4. The Labute approximate surface area is 515 Å². The zero-order valence-electron chi connectivity index (χ0n) is 60.4. The van der Waals surface area contributed by atoms with Crippen molar-refractivity contribution in [2.75, 3.05) is 0 Å². The van der Waals surface area contributed by atoms with Crippen LogP contribution in [0.15, 0.2) is 0 Å². The molecule has 0 aliphatic heterocycles. The first-order valence-electron chi connectivity index (χ1n) is 38.1. The Kier molecular flexibility index (Phi) is 35.1. The summed E-state index contributed by atoms with van der Waals surface area (Å²) in [4.78, 5) is 0. The molecule has 0 aromatic heterocycles. The van der Waals surface area contributed by atoms with E-state index < -0.39 is 0 Å². The van der Waals surface area contributed by atoms with Crippen molar-refractivity contribution < 1.29 is 0 Å². The lowest BCUT2D eigenvalue weighted by Gasteiger charge is -2.22. The molecule has 12 saturated carbocycles. The summed E-state index contributed by atoms with van der Waals surface area (Å²) in [5.74, 6) is 15.8. The minimum atomic E-state index is 0.653. The van der Waals surface area contributed by atoms with E-state index in [4.69, 9.17) is 0 Å². The summed E-state index contributed by atoms with van der Waals surface area (Å²) in [7, 11) is 0. The van der Waals surface area contributed by atoms with E-state index in [-0.39, 0.29) is 0 Å². The van der Waals surface area contributed by atoms with Crippen LogP contribution in [0.5, 0.6) is 0 Å². The molecule has 0 aromatic carbocycles. The highest BCUT2D eigenvalue weighted by atomic mass is 14.5. The van der Waals surface area contributed by atoms with Crippen molar-refractivity contribution in [3.63, 3.8) is 0 Å². The van der Waals surface area contributed by atoms with Gasteiger partial charge in [0.1, 0.15) is 0 Å². The normalized spacial score (nSPS) is 35.5. The van der Waals surface area contributed by atoms with Gasteiger partial charge >= 0.3 is 0 Å². The van der Waals surface area contributed by atoms with Gasteiger partial charge in [-0.15, -0.1) is 0 Å². The van der Waals surface area contributed by atoms with Crippen LogP contribution in [0.3, 0.4) is 0 Å². The Morgan fingerprint density at radius 2 is 0.914 bits per heavy atom. The summed E-state index contributed by atoms with van der Waals surface area (Å²) in [6.45, 7) is 49.8. The molecule has 0 heterocycles. The van der Waals surface area contributed by atoms with Gasteiger partial charge in [0.2, 0.25) is 0 Å². The maximum Gasteiger partial charge on any atom is -0.0328 e. The second kappa shape index (κ2) is 37.8. The average Bonchev–Trinajstić information content (AvgIpc) is 4.32. The summed E-state index contributed by atoms with van der Waals surface area (Å²) >= 11 is 0. The van der Waals surface area contributed by atoms with Crippen molar-refractivity contribution in [1.82, 2.24) is 0 Å². The molecular weight excluding hydrogens is 973 g/mol. The minimum Gasteiger partial charge on any atom is -0.0654 e. The van der Waals surface area contributed by atoms with Gasteiger partial charge in [-0.3, -0.25) is 0 Å². The first-order chi connectivity index (χ1) is 38.1. The fourth-order valence-electron chi connectivity index (χ4n) is 18.7. The van der Waals surface area contributed by atoms with E-state index >= 15 is 0 Å². The average molecular weight is 1130 g/mol. The second-order valence-electron chi connectivity index (χ2n) is 35.3. The van der Waals surface area contributed by atoms with Crippen molar-refractivity contribution in [2.24, 2.45) is 116 Å². The maximum atomic E-state index is 2.45. The van der Waals surface area contributed by atoms with Crippen LogP contribution in [-0.4, -0.2) is 0 Å². The molecular formula is C81H158. The molecule has 12 aliphatic rings. The Bertz CT molecular complexity index is 1470. The van der Waals surface area contributed by atoms with E-state index in [1.165, 1.54) is 231 Å². The maximum absolute atomic E-state index is 2.45. The SMILES string of the molecule is CC(C)C1CCCC1.CC1CCCC1(C)C.CCC1(C)CCCC1.CCC1(C)CCCC1.CCC1CCCC1C.CCCC1CCCC1.C[C@@H]1C2CCC1[C@@H](C)C2.C[C@H]1CC2CCC1C2.C[C@H]1CCC(C)(C)C1.C[C@H]1CCCC1(C)C. The van der Waals surface area contributed by atoms with Crippen LogP contribution in [0, 0.1) is 116 Å². The highest BCUT2D eigenvalue weighted by Gasteiger charge is 2.43. The smallest absolute Gasteiger partial charge is 0.0328 e. The Hall–Kier alpha value is 0. The third kappa shape index (κ3) is 27.9. The van der Waals surface area contributed by atoms with Crippen LogP contribution in [0.25, 0.3) is 0 Å². The standard InChI is InChI=1S/C9H16.C8H14.8C8H16/c1-6-5-8-3-4-9(6)7(8)2;1-6-4-7-2-3-8(6)5-7;1-7-4-5-8(2,3)6-7;2*1-7-5-4-6-8(7,2)3;1-7(2)8-5-3-4-6-8;2*1-3-8(2)6-4-5-7-8;1-3-8-6-4-5-7(8)2;1-2-5-8-6-3-4-7-8/h6-9H,3-5H2,1-2H3;6-8H,2-5H2,1H3;3*7H,4-6H2,1-3H3;7-8H,3-6H2,1-2H3;2*3-7H2,1-2H3;7-8H,3-6H2,1-2H3;8H,2-7H2,1H3/t6-,7+,8?,9?;6-,7?,8?;2*7-;;;;;;/m0000....../s1. The fraction of sp³-hybridized carbons (Fsp3) is 1.00. The monoisotopic (exact) mass is 1130 g/mol. The minimum absolute atomic E-state index is 0.653. The Morgan fingerprint density at radius 1 is 0.407 bits per heavy atom. The van der Waals surface area contributed by atoms with Crippen LogP contribution in [0.4, 0.5) is 0 Å². The molecule has 0 radical (unpaired) electrons. The van der Waals surface area contributed by atoms with Gasteiger partial charge in [-0.1, -0.05) is 312 Å². The quantitative estimate of drug-likeness (QED) is 0.249. The number of hydrogen-bond acceptors (Lipinski definition) is 0. The van der Waals surface area contributed by atoms with Gasteiger partial charge in [0.15, 0.2) is 0 Å². The first kappa shape index (κ1) is 75.3. The molecule has 81 heavy (non-hydrogen) atoms. The molecule has 4 bridgehead atoms. The van der Waals surface area contributed by atoms with Gasteiger partial charge in [-0.25, -0.2) is 0 Å². The molecule has 0 N–H and O–H groups in total. The highest BCUT2D eigenvalue weighted by molar-refractivity contribution is 4.93. The third-order valence-electron chi connectivity index (χ3n) is 27.0. The molecule has 12 aliphatic carbocycles. The summed E-state index contributed by atoms with van der Waals surface area (Å²) in [6.07, 6.45) is 59.2. The molecule has 0 heteroatoms. The molecule has 12 rings (SSSR count). The van der Waals surface area contributed by atoms with Crippen molar-refractivity contribution in [3.05, 3.63) is 0 Å². The van der Waals surface area contributed by atoms with E-state index in [2.05, 4.69) is 145 Å². The van der Waals surface area contributed by atoms with Crippen molar-refractivity contribution in [2.45, 2.75) is 402 Å². The summed E-state index contributed by atoms with van der Waals surface area (Å²) in [5, 5.41) is 0. The second-order valence-corrected chi connectivity index (χ2v) is 35.3. The van der Waals surface area contributed by atoms with E-state index in [1.54, 1.807) is 25.7 Å². The van der Waals surface area contributed by atoms with E-state index in [1.807, 2.05) is 0 Å². The van der Waals surface area contributed by atoms with E-state index in [0.717, 1.165) is 99.6 Å². The van der Waals surface area contributed by atoms with Gasteiger partial charge < -0.3 is 0 Å². The molecule has 0 saturated heterocycles. The van der Waals surface area contributed by atoms with Crippen molar-refractivity contribution in [3.8, 4) is 0 Å². The molecule has 0 aromatic rings. The lowest BCUT2D eigenvalue weighted by atomic mass is 9.83. The molecule has 0 amide bonds. The molecule has 12 atom stereocenters. The summed E-state index contributed by atoms with van der Waals surface area (Å²) in [5.41, 5.74) is 3.44. The van der Waals surface area contributed by atoms with Gasteiger partial charge in [-0.2, -0.15) is 0 Å². The fourth-order valence-corrected chi connectivity index (χ4v) is 18.7. The Morgan fingerprint density at radius 3 is 1.11 bits per heavy atom. The number of rotatable bonds is 6. The predicted octanol–water partition coefficient (Wildman–Crippen LogP) is 28.2. The van der Waals surface area contributed by atoms with Crippen LogP contribution >= 0.6 is 0 Å². The third-order valence-corrected chi connectivity index (χ3v) is 27.0. The van der Waals surface area contributed by atoms with E-state index in [9.17, 15) is 0 Å². The lowest BCUT2D eigenvalue weighted by Crippen LogP contribution is -2.13. The Balaban J connectivity index is 0.000000236. The number of fused-ring (bicyclic) bond motifs is 4. The van der Waals surface area contributed by atoms with Crippen molar-refractivity contribution in [1.29, 1.82) is 0 Å². The van der Waals surface area contributed by atoms with Crippen molar-refractivity contribution >= 4 is 0 Å². The molecule has 482 valence electrons. The molecule has 12 fully saturated rings. The summed E-state index contributed by atoms with van der Waals surface area (Å²) in [6, 6.07) is 0. The van der Waals surface area contributed by atoms with Crippen LogP contribution in [0.2, 0.25) is 0 Å². The topological polar surface area (TPSA) is 0 Å². The van der Waals surface area contributed by atoms with Crippen LogP contribution < -0.4 is 0 Å². The van der Waals surface area contributed by atoms with Gasteiger partial charge in [0.25, 0.3) is 0 Å². The molecule has 7 unspecified atom stereocenters. The predicted molar refractivity (Wildman–Crippen MR) is 368 cm³/mol. The largest absolute Gasteiger partial charge is 0.0654 e. The molecule has 0 nitrogen and oxygen atoms in total. The zero-order valence-corrected chi connectivity index (χ0v) is 60.4. The molecule has 0 spiro atoms. The van der Waals surface area contributed by atoms with Gasteiger partial charge in [0.05, 0.1) is 0 Å². The first-order valence-corrected chi connectivity index (χ1v) is 38.1. The van der Waals surface area contributed by atoms with Crippen LogP contribution in [0.1, 0.15) is 402 Å². The van der Waals surface area contributed by atoms with Gasteiger partial charge in [0, 0.05) is 0 Å². The van der Waals surface area contributed by atoms with E-state index in [0.29, 0.717) is 16.2 Å². The number of hydrogen-bond donors (Lipinski definition) is 0. The van der Waals surface area contributed by atoms with Crippen LogP contribution in [-0.2, 0) is 0 Å². The van der Waals surface area contributed by atoms with Gasteiger partial charge in [-0.05, 0) is 206 Å². The summed E-state index contributed by atoms with van der Waals surface area (Å²) < 4.78 is 0. The lowest BCUT2D eigenvalue weighted by molar-refractivity contribution is 0.281. The highest BCUT2D eigenvalue weighted by Crippen LogP contribution is 2.52.